The van der Waals surface area contributed by atoms with Gasteiger partial charge in [0.15, 0.2) is 0 Å². The van der Waals surface area contributed by atoms with Crippen LogP contribution in [0.5, 0.6) is 0 Å². The Kier molecular flexibility index (Phi) is 5.80. The standard InChI is InChI=1S/C18H22N2O5/c1-10(2)7-13(17(22)23)16(21)20-15(18(24)25)8-11-9-19-14-6-4-3-5-12(11)14/h3-6,9-10,13,15,19H,7-8H2,1-2H3,(H,20,21)(H,22,23)(H,24,25)/t13?,15-/m0/s1. The third kappa shape index (κ3) is 4.59. The van der Waals surface area contributed by atoms with Crippen molar-refractivity contribution < 1.29 is 24.6 Å². The molecule has 0 aliphatic rings. The molecule has 1 aromatic carbocycles. The van der Waals surface area contributed by atoms with E-state index >= 15 is 0 Å². The van der Waals surface area contributed by atoms with Crippen LogP contribution in [0.2, 0.25) is 0 Å². The average Bonchev–Trinajstić information content (AvgIpc) is 2.94. The molecule has 0 aliphatic heterocycles. The molecule has 7 heteroatoms. The van der Waals surface area contributed by atoms with Gasteiger partial charge in [-0.1, -0.05) is 32.0 Å². The molecule has 1 heterocycles. The fraction of sp³-hybridized carbons (Fsp3) is 0.389. The number of H-pyrrole nitrogens is 1. The van der Waals surface area contributed by atoms with Crippen molar-refractivity contribution in [2.24, 2.45) is 11.8 Å². The third-order valence-corrected chi connectivity index (χ3v) is 4.04. The fourth-order valence-corrected chi connectivity index (χ4v) is 2.78. The lowest BCUT2D eigenvalue weighted by Crippen LogP contribution is -2.46. The van der Waals surface area contributed by atoms with Gasteiger partial charge in [0.2, 0.25) is 5.91 Å². The number of aliphatic carboxylic acids is 2. The van der Waals surface area contributed by atoms with Gasteiger partial charge < -0.3 is 20.5 Å². The molecule has 2 rings (SSSR count). The quantitative estimate of drug-likeness (QED) is 0.545. The van der Waals surface area contributed by atoms with Gasteiger partial charge in [-0.3, -0.25) is 9.59 Å². The predicted octanol–water partition coefficient (Wildman–Crippen LogP) is 2.03. The van der Waals surface area contributed by atoms with Crippen LogP contribution in [-0.4, -0.2) is 39.1 Å². The molecule has 2 aromatic rings. The summed E-state index contributed by atoms with van der Waals surface area (Å²) >= 11 is 0. The average molecular weight is 346 g/mol. The van der Waals surface area contributed by atoms with Crippen LogP contribution in [-0.2, 0) is 20.8 Å². The second-order valence-electron chi connectivity index (χ2n) is 6.48. The van der Waals surface area contributed by atoms with E-state index in [-0.39, 0.29) is 18.8 Å². The Bertz CT molecular complexity index is 781. The van der Waals surface area contributed by atoms with Crippen LogP contribution in [0.4, 0.5) is 0 Å². The molecule has 0 saturated carbocycles. The first-order valence-corrected chi connectivity index (χ1v) is 8.10. The number of nitrogens with one attached hydrogen (secondary N) is 2. The number of hydrogen-bond acceptors (Lipinski definition) is 3. The van der Waals surface area contributed by atoms with Crippen molar-refractivity contribution in [1.29, 1.82) is 0 Å². The van der Waals surface area contributed by atoms with Gasteiger partial charge in [-0.15, -0.1) is 0 Å². The van der Waals surface area contributed by atoms with Gasteiger partial charge in [0.1, 0.15) is 12.0 Å². The Hall–Kier alpha value is -2.83. The molecule has 0 aliphatic carbocycles. The summed E-state index contributed by atoms with van der Waals surface area (Å²) in [5, 5.41) is 21.9. The summed E-state index contributed by atoms with van der Waals surface area (Å²) in [6.45, 7) is 3.62. The van der Waals surface area contributed by atoms with Crippen LogP contribution in [0.25, 0.3) is 10.9 Å². The second-order valence-corrected chi connectivity index (χ2v) is 6.48. The molecular formula is C18H22N2O5. The monoisotopic (exact) mass is 346 g/mol. The Morgan fingerprint density at radius 3 is 2.40 bits per heavy atom. The first-order valence-electron chi connectivity index (χ1n) is 8.10. The Labute approximate surface area is 145 Å². The smallest absolute Gasteiger partial charge is 0.326 e. The van der Waals surface area contributed by atoms with Crippen LogP contribution < -0.4 is 5.32 Å². The molecule has 1 unspecified atom stereocenters. The van der Waals surface area contributed by atoms with Gasteiger partial charge in [-0.25, -0.2) is 4.79 Å². The first-order chi connectivity index (χ1) is 11.8. The molecule has 0 radical (unpaired) electrons. The highest BCUT2D eigenvalue weighted by Gasteiger charge is 2.31. The van der Waals surface area contributed by atoms with Gasteiger partial charge in [-0.2, -0.15) is 0 Å². The second kappa shape index (κ2) is 7.83. The zero-order valence-electron chi connectivity index (χ0n) is 14.2. The molecule has 1 amide bonds. The summed E-state index contributed by atoms with van der Waals surface area (Å²) in [4.78, 5) is 38.2. The van der Waals surface area contributed by atoms with Crippen molar-refractivity contribution in [2.75, 3.05) is 0 Å². The lowest BCUT2D eigenvalue weighted by molar-refractivity contribution is -0.150. The zero-order valence-corrected chi connectivity index (χ0v) is 14.2. The zero-order chi connectivity index (χ0) is 18.6. The molecule has 1 aromatic heterocycles. The first kappa shape index (κ1) is 18.5. The minimum Gasteiger partial charge on any atom is -0.481 e. The van der Waals surface area contributed by atoms with Crippen LogP contribution in [0.15, 0.2) is 30.5 Å². The number of aromatic nitrogens is 1. The molecule has 0 fully saturated rings. The van der Waals surface area contributed by atoms with Crippen molar-refractivity contribution in [3.63, 3.8) is 0 Å². The fourth-order valence-electron chi connectivity index (χ4n) is 2.78. The molecular weight excluding hydrogens is 324 g/mol. The predicted molar refractivity (Wildman–Crippen MR) is 92.2 cm³/mol. The van der Waals surface area contributed by atoms with Gasteiger partial charge in [0.05, 0.1) is 0 Å². The SMILES string of the molecule is CC(C)CC(C(=O)O)C(=O)N[C@@H](Cc1c[nH]c2ccccc12)C(=O)O. The number of aromatic amines is 1. The van der Waals surface area contributed by atoms with Crippen molar-refractivity contribution in [1.82, 2.24) is 10.3 Å². The summed E-state index contributed by atoms with van der Waals surface area (Å²) in [6, 6.07) is 6.25. The Morgan fingerprint density at radius 1 is 1.12 bits per heavy atom. The van der Waals surface area contributed by atoms with E-state index in [9.17, 15) is 24.6 Å². The maximum atomic E-state index is 12.3. The Balaban J connectivity index is 2.16. The minimum absolute atomic E-state index is 0.00347. The number of amides is 1. The maximum absolute atomic E-state index is 12.3. The number of para-hydroxylation sites is 1. The number of hydrogen-bond donors (Lipinski definition) is 4. The third-order valence-electron chi connectivity index (χ3n) is 4.04. The van der Waals surface area contributed by atoms with Gasteiger partial charge in [-0.05, 0) is 24.0 Å². The summed E-state index contributed by atoms with van der Waals surface area (Å²) in [7, 11) is 0. The molecule has 0 bridgehead atoms. The molecule has 0 spiro atoms. The van der Waals surface area contributed by atoms with Crippen LogP contribution >= 0.6 is 0 Å². The van der Waals surface area contributed by atoms with E-state index in [0.29, 0.717) is 0 Å². The molecule has 7 nitrogen and oxygen atoms in total. The van der Waals surface area contributed by atoms with E-state index in [2.05, 4.69) is 10.3 Å². The minimum atomic E-state index is -1.26. The largest absolute Gasteiger partial charge is 0.481 e. The van der Waals surface area contributed by atoms with E-state index in [0.717, 1.165) is 16.5 Å². The van der Waals surface area contributed by atoms with E-state index in [1.807, 2.05) is 38.1 Å². The number of carbonyl (C=O) groups excluding carboxylic acids is 1. The maximum Gasteiger partial charge on any atom is 0.326 e. The van der Waals surface area contributed by atoms with Crippen molar-refractivity contribution in [3.05, 3.63) is 36.0 Å². The summed E-state index contributed by atoms with van der Waals surface area (Å²) in [6.07, 6.45) is 1.93. The summed E-state index contributed by atoms with van der Waals surface area (Å²) < 4.78 is 0. The van der Waals surface area contributed by atoms with Crippen LogP contribution in [0.3, 0.4) is 0 Å². The highest BCUT2D eigenvalue weighted by molar-refractivity contribution is 5.98. The van der Waals surface area contributed by atoms with Crippen LogP contribution in [0, 0.1) is 11.8 Å². The van der Waals surface area contributed by atoms with E-state index < -0.39 is 29.8 Å². The summed E-state index contributed by atoms with van der Waals surface area (Å²) in [5.41, 5.74) is 1.62. The van der Waals surface area contributed by atoms with Gasteiger partial charge >= 0.3 is 11.9 Å². The number of carbonyl (C=O) groups is 3. The number of fused-ring (bicyclic) bond motifs is 1. The molecule has 4 N–H and O–H groups in total. The topological polar surface area (TPSA) is 119 Å². The van der Waals surface area contributed by atoms with Crippen molar-refractivity contribution in [3.8, 4) is 0 Å². The Morgan fingerprint density at radius 2 is 1.80 bits per heavy atom. The number of rotatable bonds is 8. The van der Waals surface area contributed by atoms with E-state index in [1.165, 1.54) is 0 Å². The van der Waals surface area contributed by atoms with Gasteiger partial charge in [0.25, 0.3) is 0 Å². The highest BCUT2D eigenvalue weighted by Crippen LogP contribution is 2.20. The normalized spacial score (nSPS) is 13.6. The highest BCUT2D eigenvalue weighted by atomic mass is 16.4. The van der Waals surface area contributed by atoms with Crippen molar-refractivity contribution in [2.45, 2.75) is 32.7 Å². The van der Waals surface area contributed by atoms with Crippen molar-refractivity contribution >= 4 is 28.7 Å². The number of carboxylic acids is 2. The van der Waals surface area contributed by atoms with Gasteiger partial charge in [0, 0.05) is 23.5 Å². The lowest BCUT2D eigenvalue weighted by Gasteiger charge is -2.19. The van der Waals surface area contributed by atoms with Crippen LogP contribution in [0.1, 0.15) is 25.8 Å². The van der Waals surface area contributed by atoms with E-state index in [1.54, 1.807) is 6.20 Å². The molecule has 0 saturated heterocycles. The number of carboxylic acid groups (broad SMARTS) is 2. The molecule has 134 valence electrons. The molecule has 25 heavy (non-hydrogen) atoms. The lowest BCUT2D eigenvalue weighted by atomic mass is 9.95. The summed E-state index contributed by atoms with van der Waals surface area (Å²) in [5.74, 6) is -4.48. The molecule has 2 atom stereocenters. The number of benzene rings is 1. The van der Waals surface area contributed by atoms with E-state index in [4.69, 9.17) is 0 Å².